The second kappa shape index (κ2) is 8.77. The molecule has 2 aromatic rings. The van der Waals surface area contributed by atoms with E-state index >= 15 is 0 Å². The first-order valence-electron chi connectivity index (χ1n) is 9.93. The fraction of sp³-hybridized carbons (Fsp3) is 0.273. The van der Waals surface area contributed by atoms with E-state index in [1.165, 1.54) is 0 Å². The van der Waals surface area contributed by atoms with E-state index in [0.717, 1.165) is 30.0 Å². The van der Waals surface area contributed by atoms with Crippen molar-refractivity contribution in [3.05, 3.63) is 48.0 Å². The Morgan fingerprint density at radius 3 is 2.40 bits per heavy atom. The van der Waals surface area contributed by atoms with Crippen molar-refractivity contribution in [2.45, 2.75) is 27.7 Å². The number of amides is 2. The van der Waals surface area contributed by atoms with Crippen molar-refractivity contribution >= 4 is 46.0 Å². The number of hydrogen-bond donors (Lipinski definition) is 3. The van der Waals surface area contributed by atoms with Gasteiger partial charge in [-0.1, -0.05) is 27.5 Å². The van der Waals surface area contributed by atoms with E-state index in [2.05, 4.69) is 29.2 Å². The maximum atomic E-state index is 11.6. The molecule has 8 nitrogen and oxygen atoms in total. The Labute approximate surface area is 176 Å². The van der Waals surface area contributed by atoms with Gasteiger partial charge in [-0.05, 0) is 58.0 Å². The molecule has 1 aliphatic rings. The summed E-state index contributed by atoms with van der Waals surface area (Å²) < 4.78 is 1.67. The SMILES string of the molecule is CCN(CC)c1ccc(N=C2C(C)=N[N+](c3ccc(C)cc3)=C2N)c(NC(N)=O)c1. The van der Waals surface area contributed by atoms with E-state index in [-0.39, 0.29) is 0 Å². The molecule has 1 aliphatic heterocycles. The predicted octanol–water partition coefficient (Wildman–Crippen LogP) is 3.50. The zero-order valence-corrected chi connectivity index (χ0v) is 17.8. The molecule has 0 saturated carbocycles. The van der Waals surface area contributed by atoms with Crippen molar-refractivity contribution in [2.75, 3.05) is 23.3 Å². The number of aliphatic imine (C=N–C) groups is 1. The molecule has 2 amide bonds. The number of carbonyl (C=O) groups is 1. The van der Waals surface area contributed by atoms with Gasteiger partial charge < -0.3 is 16.0 Å². The summed E-state index contributed by atoms with van der Waals surface area (Å²) in [5.41, 5.74) is 17.1. The van der Waals surface area contributed by atoms with Gasteiger partial charge in [0.1, 0.15) is 5.71 Å². The Balaban J connectivity index is 2.05. The van der Waals surface area contributed by atoms with E-state index < -0.39 is 6.03 Å². The first-order chi connectivity index (χ1) is 14.3. The zero-order valence-electron chi connectivity index (χ0n) is 17.8. The monoisotopic (exact) mass is 406 g/mol. The third kappa shape index (κ3) is 4.32. The summed E-state index contributed by atoms with van der Waals surface area (Å²) >= 11 is 0. The quantitative estimate of drug-likeness (QED) is 0.638. The van der Waals surface area contributed by atoms with Crippen molar-refractivity contribution in [1.82, 2.24) is 0 Å². The number of nitrogens with two attached hydrogens (primary N) is 2. The minimum atomic E-state index is -0.650. The fourth-order valence-corrected chi connectivity index (χ4v) is 3.32. The molecule has 30 heavy (non-hydrogen) atoms. The van der Waals surface area contributed by atoms with Crippen molar-refractivity contribution in [2.24, 2.45) is 21.6 Å². The van der Waals surface area contributed by atoms with Crippen LogP contribution in [0.3, 0.4) is 0 Å². The number of urea groups is 1. The second-order valence-corrected chi connectivity index (χ2v) is 7.04. The molecule has 0 bridgehead atoms. The van der Waals surface area contributed by atoms with E-state index in [4.69, 9.17) is 16.5 Å². The number of hydrogen-bond acceptors (Lipinski definition) is 5. The Morgan fingerprint density at radius 1 is 1.13 bits per heavy atom. The molecule has 1 heterocycles. The van der Waals surface area contributed by atoms with Crippen LogP contribution >= 0.6 is 0 Å². The predicted molar refractivity (Wildman–Crippen MR) is 124 cm³/mol. The molecule has 0 unspecified atom stereocenters. The van der Waals surface area contributed by atoms with Gasteiger partial charge in [0, 0.05) is 18.8 Å². The Bertz CT molecular complexity index is 1050. The maximum absolute atomic E-state index is 11.6. The molecule has 2 aromatic carbocycles. The fourth-order valence-electron chi connectivity index (χ4n) is 3.32. The van der Waals surface area contributed by atoms with E-state index in [1.807, 2.05) is 56.3 Å². The lowest BCUT2D eigenvalue weighted by atomic mass is 10.2. The molecule has 5 N–H and O–H groups in total. The van der Waals surface area contributed by atoms with Gasteiger partial charge >= 0.3 is 11.9 Å². The van der Waals surface area contributed by atoms with Crippen LogP contribution in [0, 0.1) is 6.92 Å². The summed E-state index contributed by atoms with van der Waals surface area (Å²) in [4.78, 5) is 18.4. The summed E-state index contributed by atoms with van der Waals surface area (Å²) in [5.74, 6) is 0.425. The van der Waals surface area contributed by atoms with Gasteiger partial charge in [-0.15, -0.1) is 0 Å². The number of amidine groups is 1. The minimum Gasteiger partial charge on any atom is -0.372 e. The number of hydrazone groups is 1. The van der Waals surface area contributed by atoms with Crippen LogP contribution in [-0.2, 0) is 0 Å². The maximum Gasteiger partial charge on any atom is 0.326 e. The molecule has 3 rings (SSSR count). The molecule has 0 aliphatic carbocycles. The lowest BCUT2D eigenvalue weighted by Gasteiger charge is -2.22. The Kier molecular flexibility index (Phi) is 6.15. The first kappa shape index (κ1) is 21.0. The molecule has 0 fully saturated rings. The third-order valence-electron chi connectivity index (χ3n) is 4.94. The van der Waals surface area contributed by atoms with Crippen molar-refractivity contribution in [3.63, 3.8) is 0 Å². The average molecular weight is 407 g/mol. The van der Waals surface area contributed by atoms with Crippen molar-refractivity contribution in [3.8, 4) is 0 Å². The summed E-state index contributed by atoms with van der Waals surface area (Å²) in [6.45, 7) is 9.72. The number of nitrogens with one attached hydrogen (secondary N) is 1. The Morgan fingerprint density at radius 2 is 1.80 bits per heavy atom. The molecule has 0 aromatic heterocycles. The topological polar surface area (TPSA) is 112 Å². The van der Waals surface area contributed by atoms with Crippen LogP contribution in [0.5, 0.6) is 0 Å². The first-order valence-corrected chi connectivity index (χ1v) is 9.93. The largest absolute Gasteiger partial charge is 0.372 e. The summed E-state index contributed by atoms with van der Waals surface area (Å²) in [5, 5.41) is 7.22. The van der Waals surface area contributed by atoms with Gasteiger partial charge in [-0.3, -0.25) is 5.73 Å². The molecule has 156 valence electrons. The third-order valence-corrected chi connectivity index (χ3v) is 4.94. The molecule has 0 atom stereocenters. The molecular formula is C22H28N7O+. The lowest BCUT2D eigenvalue weighted by molar-refractivity contribution is -0.442. The molecule has 0 saturated heterocycles. The van der Waals surface area contributed by atoms with Gasteiger partial charge in [0.2, 0.25) is 0 Å². The number of rotatable bonds is 6. The van der Waals surface area contributed by atoms with Gasteiger partial charge in [-0.2, -0.15) is 0 Å². The number of anilines is 2. The van der Waals surface area contributed by atoms with Crippen LogP contribution in [-0.4, -0.2) is 41.1 Å². The zero-order chi connectivity index (χ0) is 21.8. The van der Waals surface area contributed by atoms with Gasteiger partial charge in [0.05, 0.1) is 11.4 Å². The van der Waals surface area contributed by atoms with Gasteiger partial charge in [-0.25, -0.2) is 9.79 Å². The highest BCUT2D eigenvalue weighted by Crippen LogP contribution is 2.31. The number of nitrogens with zero attached hydrogens (tertiary/aromatic N) is 4. The van der Waals surface area contributed by atoms with Crippen LogP contribution in [0.4, 0.5) is 27.5 Å². The highest BCUT2D eigenvalue weighted by molar-refractivity contribution is 6.67. The smallest absolute Gasteiger partial charge is 0.326 e. The van der Waals surface area contributed by atoms with Crippen LogP contribution < -0.4 is 21.7 Å². The van der Waals surface area contributed by atoms with Crippen LogP contribution in [0.2, 0.25) is 0 Å². The van der Waals surface area contributed by atoms with Gasteiger partial charge in [0.25, 0.3) is 0 Å². The number of aryl methyl sites for hydroxylation is 1. The molecule has 0 radical (unpaired) electrons. The molecule has 8 heteroatoms. The van der Waals surface area contributed by atoms with Crippen LogP contribution in [0.25, 0.3) is 0 Å². The highest BCUT2D eigenvalue weighted by atomic mass is 16.2. The normalized spacial score (nSPS) is 14.8. The number of primary amides is 1. The van der Waals surface area contributed by atoms with Crippen molar-refractivity contribution in [1.29, 1.82) is 0 Å². The Hall–Kier alpha value is -3.68. The standard InChI is InChI=1S/C22H27N7O/c1-5-28(6-2)17-11-12-18(19(13-17)26-22(24)30)25-20-15(4)27-29(21(20)23)16-9-7-14(3)8-10-16/h7-13H,5-6H2,1-4H3,(H4,23,24,26,27,30)/p+1. The van der Waals surface area contributed by atoms with Gasteiger partial charge in [0.15, 0.2) is 11.4 Å². The number of benzene rings is 2. The van der Waals surface area contributed by atoms with E-state index in [1.54, 1.807) is 4.68 Å². The van der Waals surface area contributed by atoms with Crippen LogP contribution in [0.1, 0.15) is 26.3 Å². The molecule has 0 spiro atoms. The minimum absolute atomic E-state index is 0.425. The lowest BCUT2D eigenvalue weighted by Crippen LogP contribution is -2.29. The second-order valence-electron chi connectivity index (χ2n) is 7.04. The average Bonchev–Trinajstić information content (AvgIpc) is 2.99. The van der Waals surface area contributed by atoms with Crippen LogP contribution in [0.15, 0.2) is 52.6 Å². The molecular weight excluding hydrogens is 378 g/mol. The summed E-state index contributed by atoms with van der Waals surface area (Å²) in [6.07, 6.45) is 0. The van der Waals surface area contributed by atoms with Crippen molar-refractivity contribution < 1.29 is 9.48 Å². The number of carbonyl (C=O) groups excluding carboxylic acids is 1. The highest BCUT2D eigenvalue weighted by Gasteiger charge is 2.29. The summed E-state index contributed by atoms with van der Waals surface area (Å²) in [7, 11) is 0. The van der Waals surface area contributed by atoms with E-state index in [9.17, 15) is 4.79 Å². The van der Waals surface area contributed by atoms with E-state index in [0.29, 0.717) is 28.6 Å². The summed E-state index contributed by atoms with van der Waals surface area (Å²) in [6, 6.07) is 13.0.